The van der Waals surface area contributed by atoms with Gasteiger partial charge < -0.3 is 26.2 Å². The number of aromatic carboxylic acids is 2. The van der Waals surface area contributed by atoms with Crippen LogP contribution in [-0.4, -0.2) is 38.5 Å². The van der Waals surface area contributed by atoms with Crippen LogP contribution in [0.15, 0.2) is 79.0 Å². The minimum Gasteiger partial charge on any atom is -0.478 e. The summed E-state index contributed by atoms with van der Waals surface area (Å²) in [6.07, 6.45) is 1.67. The number of benzene rings is 3. The number of para-hydroxylation sites is 1. The van der Waals surface area contributed by atoms with Crippen LogP contribution in [0, 0.1) is 6.92 Å². The van der Waals surface area contributed by atoms with Crippen LogP contribution >= 0.6 is 0 Å². The predicted octanol–water partition coefficient (Wildman–Crippen LogP) is 3.20. The summed E-state index contributed by atoms with van der Waals surface area (Å²) in [7, 11) is 1.76. The molecule has 0 unspecified atom stereocenters. The molecule has 10 heteroatoms. The fraction of sp³-hybridized carbons (Fsp3) is 0.0690. The summed E-state index contributed by atoms with van der Waals surface area (Å²) in [4.78, 5) is 45.7. The number of primary amides is 2. The number of carboxylic acid groups (broad SMARTS) is 2. The van der Waals surface area contributed by atoms with Crippen molar-refractivity contribution in [2.75, 3.05) is 0 Å². The van der Waals surface area contributed by atoms with Crippen LogP contribution < -0.4 is 16.0 Å². The number of amides is 2. The quantitative estimate of drug-likeness (QED) is 0.257. The Morgan fingerprint density at radius 2 is 1.31 bits per heavy atom. The molecule has 0 saturated carbocycles. The number of pyridine rings is 1. The van der Waals surface area contributed by atoms with E-state index >= 15 is 0 Å². The minimum atomic E-state index is -1.10. The van der Waals surface area contributed by atoms with Gasteiger partial charge in [-0.25, -0.2) is 9.59 Å². The van der Waals surface area contributed by atoms with Gasteiger partial charge >= 0.3 is 11.9 Å². The lowest BCUT2D eigenvalue weighted by atomic mass is 10.0. The maximum absolute atomic E-state index is 11.7. The monoisotopic (exact) mass is 525 g/mol. The van der Waals surface area contributed by atoms with E-state index in [1.54, 1.807) is 49.0 Å². The van der Waals surface area contributed by atoms with E-state index in [0.717, 1.165) is 5.69 Å². The van der Waals surface area contributed by atoms with E-state index < -0.39 is 23.8 Å². The number of aromatic nitrogens is 2. The second-order valence-corrected chi connectivity index (χ2v) is 8.69. The van der Waals surface area contributed by atoms with Crippen molar-refractivity contribution in [3.63, 3.8) is 0 Å². The summed E-state index contributed by atoms with van der Waals surface area (Å²) < 4.78 is 3.57. The largest absolute Gasteiger partial charge is 0.478 e. The number of carbonyl (C=O) groups excluding carboxylic acids is 2. The average Bonchev–Trinajstić information content (AvgIpc) is 3.18. The normalized spacial score (nSPS) is 10.6. The first-order valence-electron chi connectivity index (χ1n) is 11.7. The highest BCUT2D eigenvalue weighted by molar-refractivity contribution is 6.15. The number of rotatable bonds is 5. The summed E-state index contributed by atoms with van der Waals surface area (Å²) in [5.41, 5.74) is 14.1. The van der Waals surface area contributed by atoms with Crippen LogP contribution in [0.1, 0.15) is 47.1 Å². The summed E-state index contributed by atoms with van der Waals surface area (Å²) in [5, 5.41) is 19.4. The Bertz CT molecular complexity index is 1770. The van der Waals surface area contributed by atoms with Gasteiger partial charge in [-0.3, -0.25) is 9.59 Å². The van der Waals surface area contributed by atoms with Gasteiger partial charge in [-0.2, -0.15) is 4.57 Å². The first-order valence-corrected chi connectivity index (χ1v) is 11.7. The van der Waals surface area contributed by atoms with E-state index in [-0.39, 0.29) is 22.3 Å². The molecule has 0 atom stereocenters. The second-order valence-electron chi connectivity index (χ2n) is 8.69. The summed E-state index contributed by atoms with van der Waals surface area (Å²) in [5.74, 6) is -3.43. The van der Waals surface area contributed by atoms with Crippen LogP contribution in [-0.2, 0) is 7.05 Å². The molecule has 5 aromatic rings. The van der Waals surface area contributed by atoms with E-state index in [1.807, 2.05) is 34.9 Å². The van der Waals surface area contributed by atoms with Crippen LogP contribution in [0.3, 0.4) is 0 Å². The molecule has 0 spiro atoms. The number of fused-ring (bicyclic) bond motifs is 2. The lowest BCUT2D eigenvalue weighted by Gasteiger charge is -2.06. The van der Waals surface area contributed by atoms with Crippen molar-refractivity contribution in [1.82, 2.24) is 4.57 Å². The highest BCUT2D eigenvalue weighted by Gasteiger charge is 2.23. The summed E-state index contributed by atoms with van der Waals surface area (Å²) in [6.45, 7) is 1.70. The Kier molecular flexibility index (Phi) is 7.12. The molecule has 6 N–H and O–H groups in total. The first-order chi connectivity index (χ1) is 18.5. The van der Waals surface area contributed by atoms with Gasteiger partial charge in [-0.15, -0.1) is 0 Å². The second kappa shape index (κ2) is 10.5. The molecule has 0 fully saturated rings. The fourth-order valence-electron chi connectivity index (χ4n) is 4.61. The topological polar surface area (TPSA) is 170 Å². The molecule has 10 nitrogen and oxygen atoms in total. The smallest absolute Gasteiger partial charge is 0.338 e. The van der Waals surface area contributed by atoms with Crippen molar-refractivity contribution >= 4 is 45.6 Å². The molecule has 39 heavy (non-hydrogen) atoms. The van der Waals surface area contributed by atoms with Gasteiger partial charge in [0.2, 0.25) is 23.0 Å². The first kappa shape index (κ1) is 26.6. The van der Waals surface area contributed by atoms with Crippen molar-refractivity contribution in [3.8, 4) is 5.69 Å². The van der Waals surface area contributed by atoms with Crippen LogP contribution in [0.4, 0.5) is 0 Å². The molecule has 2 aromatic heterocycles. The maximum Gasteiger partial charge on any atom is 0.338 e. The van der Waals surface area contributed by atoms with Crippen LogP contribution in [0.5, 0.6) is 0 Å². The molecule has 2 amide bonds. The van der Waals surface area contributed by atoms with Crippen LogP contribution in [0.2, 0.25) is 0 Å². The summed E-state index contributed by atoms with van der Waals surface area (Å²) in [6, 6.07) is 20.9. The van der Waals surface area contributed by atoms with Gasteiger partial charge in [0.05, 0.1) is 22.1 Å². The number of carbonyl (C=O) groups is 4. The SMILES string of the molecule is Cc1c(C(=O)O)c2c(C(N)=O)cccc2n1C.NC(=O)c1cccc2c1c(C(=O)O)cc[n+]2-c1ccccc1. The molecule has 0 bridgehead atoms. The Morgan fingerprint density at radius 3 is 1.87 bits per heavy atom. The molecular weight excluding hydrogens is 500 g/mol. The van der Waals surface area contributed by atoms with Crippen molar-refractivity contribution in [1.29, 1.82) is 0 Å². The Labute approximate surface area is 222 Å². The third kappa shape index (κ3) is 4.78. The molecule has 196 valence electrons. The molecule has 0 aliphatic heterocycles. The molecule has 3 aromatic carbocycles. The third-order valence-electron chi connectivity index (χ3n) is 6.49. The van der Waals surface area contributed by atoms with E-state index in [0.29, 0.717) is 27.5 Å². The van der Waals surface area contributed by atoms with Crippen molar-refractivity contribution in [2.45, 2.75) is 6.92 Å². The minimum absolute atomic E-state index is 0.0524. The van der Waals surface area contributed by atoms with Crippen molar-refractivity contribution in [3.05, 3.63) is 107 Å². The van der Waals surface area contributed by atoms with Gasteiger partial charge in [0.1, 0.15) is 0 Å². The highest BCUT2D eigenvalue weighted by atomic mass is 16.4. The van der Waals surface area contributed by atoms with E-state index in [2.05, 4.69) is 0 Å². The van der Waals surface area contributed by atoms with Gasteiger partial charge in [-0.1, -0.05) is 30.3 Å². The van der Waals surface area contributed by atoms with Gasteiger partial charge in [-0.05, 0) is 25.1 Å². The fourth-order valence-corrected chi connectivity index (χ4v) is 4.61. The van der Waals surface area contributed by atoms with E-state index in [4.69, 9.17) is 11.5 Å². The molecule has 0 aliphatic rings. The number of nitrogens with two attached hydrogens (primary N) is 2. The molecule has 5 rings (SSSR count). The number of aryl methyl sites for hydroxylation is 1. The molecule has 0 aliphatic carbocycles. The number of nitrogens with zero attached hydrogens (tertiary/aromatic N) is 2. The number of hydrogen-bond acceptors (Lipinski definition) is 4. The Balaban J connectivity index is 0.000000187. The van der Waals surface area contributed by atoms with E-state index in [1.165, 1.54) is 18.2 Å². The average molecular weight is 526 g/mol. The van der Waals surface area contributed by atoms with Crippen LogP contribution in [0.25, 0.3) is 27.5 Å². The Hall–Kier alpha value is -5.51. The lowest BCUT2D eigenvalue weighted by Crippen LogP contribution is -2.32. The zero-order valence-electron chi connectivity index (χ0n) is 21.1. The van der Waals surface area contributed by atoms with Gasteiger partial charge in [0, 0.05) is 53.5 Å². The number of hydrogen-bond donors (Lipinski definition) is 4. The van der Waals surface area contributed by atoms with E-state index in [9.17, 15) is 29.4 Å². The predicted molar refractivity (Wildman–Crippen MR) is 144 cm³/mol. The lowest BCUT2D eigenvalue weighted by molar-refractivity contribution is -0.567. The summed E-state index contributed by atoms with van der Waals surface area (Å²) >= 11 is 0. The zero-order valence-corrected chi connectivity index (χ0v) is 21.1. The Morgan fingerprint density at radius 1 is 0.718 bits per heavy atom. The zero-order chi connectivity index (χ0) is 28.4. The third-order valence-corrected chi connectivity index (χ3v) is 6.49. The molecule has 2 heterocycles. The molecule has 0 saturated heterocycles. The molecular formula is C29H25N4O6+. The van der Waals surface area contributed by atoms with Gasteiger partial charge in [0.15, 0.2) is 6.20 Å². The van der Waals surface area contributed by atoms with Crippen molar-refractivity contribution < 1.29 is 34.0 Å². The molecule has 0 radical (unpaired) electrons. The highest BCUT2D eigenvalue weighted by Crippen LogP contribution is 2.28. The standard InChI is InChI=1S/C17H12N2O3.C12H12N2O3/c18-16(20)12-7-4-8-14-15(12)13(17(21)22)9-10-19(14)11-5-2-1-3-6-11;1-6-9(12(16)17)10-7(11(13)15)4-3-5-8(10)14(6)2/h1-10H,(H2-,18,20,21,22);3-5H,1-2H3,(H2,13,15)(H,16,17)/p+1. The maximum atomic E-state index is 11.7. The number of carboxylic acids is 2. The van der Waals surface area contributed by atoms with Crippen molar-refractivity contribution in [2.24, 2.45) is 18.5 Å². The van der Waals surface area contributed by atoms with Gasteiger partial charge in [0.25, 0.3) is 0 Å².